The van der Waals surface area contributed by atoms with Crippen LogP contribution in [0, 0.1) is 11.8 Å². The number of carbonyl (C=O) groups excluding carboxylic acids is 1. The minimum atomic E-state index is -0.449. The molecule has 78 valence electrons. The van der Waals surface area contributed by atoms with E-state index >= 15 is 0 Å². The standard InChI is InChI=1S/C11H10BrNO2/c1-15-11(14)9-7-8(3-2-6-12)4-5-10(9)13/h4-5,7H,6,13H2,1H3. The zero-order valence-electron chi connectivity index (χ0n) is 8.21. The van der Waals surface area contributed by atoms with E-state index in [4.69, 9.17) is 5.73 Å². The topological polar surface area (TPSA) is 52.3 Å². The van der Waals surface area contributed by atoms with Gasteiger partial charge in [0.05, 0.1) is 18.0 Å². The highest BCUT2D eigenvalue weighted by molar-refractivity contribution is 9.09. The van der Waals surface area contributed by atoms with Crippen LogP contribution in [0.2, 0.25) is 0 Å². The molecule has 0 heterocycles. The third kappa shape index (κ3) is 3.00. The number of halogens is 1. The van der Waals surface area contributed by atoms with Crippen molar-refractivity contribution in [2.24, 2.45) is 0 Å². The molecule has 15 heavy (non-hydrogen) atoms. The van der Waals surface area contributed by atoms with Gasteiger partial charge in [0, 0.05) is 11.3 Å². The van der Waals surface area contributed by atoms with Gasteiger partial charge in [0.2, 0.25) is 0 Å². The van der Waals surface area contributed by atoms with Gasteiger partial charge in [-0.25, -0.2) is 4.79 Å². The fraction of sp³-hybridized carbons (Fsp3) is 0.182. The lowest BCUT2D eigenvalue weighted by Gasteiger charge is -2.03. The molecule has 0 aliphatic rings. The molecule has 0 atom stereocenters. The van der Waals surface area contributed by atoms with Crippen molar-refractivity contribution in [1.82, 2.24) is 0 Å². The van der Waals surface area contributed by atoms with Crippen molar-refractivity contribution >= 4 is 27.6 Å². The predicted molar refractivity (Wildman–Crippen MR) is 62.9 cm³/mol. The van der Waals surface area contributed by atoms with Gasteiger partial charge in [0.25, 0.3) is 0 Å². The summed E-state index contributed by atoms with van der Waals surface area (Å²) in [5.74, 6) is 5.27. The third-order valence-corrected chi connectivity index (χ3v) is 2.04. The molecular formula is C11H10BrNO2. The van der Waals surface area contributed by atoms with E-state index in [-0.39, 0.29) is 0 Å². The Morgan fingerprint density at radius 3 is 2.93 bits per heavy atom. The summed E-state index contributed by atoms with van der Waals surface area (Å²) in [5.41, 5.74) is 7.12. The van der Waals surface area contributed by atoms with E-state index in [1.54, 1.807) is 18.2 Å². The average molecular weight is 268 g/mol. The summed E-state index contributed by atoms with van der Waals surface area (Å²) >= 11 is 3.19. The maximum Gasteiger partial charge on any atom is 0.339 e. The van der Waals surface area contributed by atoms with Crippen molar-refractivity contribution in [3.8, 4) is 11.8 Å². The number of nitrogen functional groups attached to an aromatic ring is 1. The first kappa shape index (κ1) is 11.6. The molecular weight excluding hydrogens is 258 g/mol. The van der Waals surface area contributed by atoms with Gasteiger partial charge in [0.1, 0.15) is 0 Å². The van der Waals surface area contributed by atoms with Crippen molar-refractivity contribution in [3.05, 3.63) is 29.3 Å². The molecule has 0 amide bonds. The number of esters is 1. The second-order valence-corrected chi connectivity index (χ2v) is 3.29. The number of ether oxygens (including phenoxy) is 1. The number of methoxy groups -OCH3 is 1. The molecule has 0 saturated carbocycles. The normalized spacial score (nSPS) is 8.93. The summed E-state index contributed by atoms with van der Waals surface area (Å²) in [6.07, 6.45) is 0. The molecule has 0 unspecified atom stereocenters. The molecule has 0 aromatic heterocycles. The number of hydrogen-bond acceptors (Lipinski definition) is 3. The second kappa shape index (κ2) is 5.42. The molecule has 3 nitrogen and oxygen atoms in total. The highest BCUT2D eigenvalue weighted by Gasteiger charge is 2.09. The molecule has 2 N–H and O–H groups in total. The Morgan fingerprint density at radius 1 is 1.60 bits per heavy atom. The zero-order valence-corrected chi connectivity index (χ0v) is 9.80. The van der Waals surface area contributed by atoms with Gasteiger partial charge in [-0.2, -0.15) is 0 Å². The third-order valence-electron chi connectivity index (χ3n) is 1.76. The van der Waals surface area contributed by atoms with Gasteiger partial charge < -0.3 is 10.5 Å². The van der Waals surface area contributed by atoms with Crippen molar-refractivity contribution in [2.45, 2.75) is 0 Å². The lowest BCUT2D eigenvalue weighted by atomic mass is 10.1. The maximum atomic E-state index is 11.3. The monoisotopic (exact) mass is 267 g/mol. The van der Waals surface area contributed by atoms with Crippen molar-refractivity contribution < 1.29 is 9.53 Å². The minimum absolute atomic E-state index is 0.346. The van der Waals surface area contributed by atoms with Gasteiger partial charge in [-0.05, 0) is 18.2 Å². The van der Waals surface area contributed by atoms with E-state index < -0.39 is 5.97 Å². The fourth-order valence-corrected chi connectivity index (χ4v) is 1.20. The van der Waals surface area contributed by atoms with Crippen LogP contribution in [0.25, 0.3) is 0 Å². The lowest BCUT2D eigenvalue weighted by Crippen LogP contribution is -2.05. The van der Waals surface area contributed by atoms with Gasteiger partial charge >= 0.3 is 5.97 Å². The Labute approximate surface area is 96.7 Å². The highest BCUT2D eigenvalue weighted by Crippen LogP contribution is 2.14. The van der Waals surface area contributed by atoms with Crippen molar-refractivity contribution in [1.29, 1.82) is 0 Å². The summed E-state index contributed by atoms with van der Waals surface area (Å²) in [6.45, 7) is 0. The Bertz CT molecular complexity index is 432. The lowest BCUT2D eigenvalue weighted by molar-refractivity contribution is 0.0602. The van der Waals surface area contributed by atoms with Crippen LogP contribution < -0.4 is 5.73 Å². The van der Waals surface area contributed by atoms with Gasteiger partial charge in [-0.15, -0.1) is 0 Å². The highest BCUT2D eigenvalue weighted by atomic mass is 79.9. The van der Waals surface area contributed by atoms with Crippen LogP contribution in [0.3, 0.4) is 0 Å². The number of alkyl halides is 1. The van der Waals surface area contributed by atoms with E-state index in [1.807, 2.05) is 0 Å². The van der Waals surface area contributed by atoms with E-state index in [9.17, 15) is 4.79 Å². The van der Waals surface area contributed by atoms with Crippen LogP contribution in [0.4, 0.5) is 5.69 Å². The van der Waals surface area contributed by atoms with Crippen LogP contribution in [0.1, 0.15) is 15.9 Å². The summed E-state index contributed by atoms with van der Waals surface area (Å²) < 4.78 is 4.60. The smallest absolute Gasteiger partial charge is 0.339 e. The first-order chi connectivity index (χ1) is 7.19. The molecule has 1 aromatic carbocycles. The number of nitrogens with two attached hydrogens (primary N) is 1. The van der Waals surface area contributed by atoms with E-state index in [2.05, 4.69) is 32.5 Å². The number of rotatable bonds is 1. The van der Waals surface area contributed by atoms with Crippen LogP contribution in [0.15, 0.2) is 18.2 Å². The molecule has 0 fully saturated rings. The van der Waals surface area contributed by atoms with Gasteiger partial charge in [-0.1, -0.05) is 27.8 Å². The molecule has 0 radical (unpaired) electrons. The minimum Gasteiger partial charge on any atom is -0.465 e. The van der Waals surface area contributed by atoms with Gasteiger partial charge in [-0.3, -0.25) is 0 Å². The molecule has 0 saturated heterocycles. The second-order valence-electron chi connectivity index (χ2n) is 2.73. The largest absolute Gasteiger partial charge is 0.465 e. The molecule has 1 rings (SSSR count). The van der Waals surface area contributed by atoms with Crippen molar-refractivity contribution in [3.63, 3.8) is 0 Å². The zero-order chi connectivity index (χ0) is 11.3. The SMILES string of the molecule is COC(=O)c1cc(C#CCBr)ccc1N. The summed E-state index contributed by atoms with van der Waals surface area (Å²) in [5, 5.41) is 0.588. The quantitative estimate of drug-likeness (QED) is 0.366. The number of benzene rings is 1. The molecule has 0 spiro atoms. The van der Waals surface area contributed by atoms with E-state index in [1.165, 1.54) is 7.11 Å². The Morgan fingerprint density at radius 2 is 2.33 bits per heavy atom. The number of hydrogen-bond donors (Lipinski definition) is 1. The van der Waals surface area contributed by atoms with Crippen LogP contribution in [-0.4, -0.2) is 18.4 Å². The Hall–Kier alpha value is -1.47. The number of carbonyl (C=O) groups is 1. The summed E-state index contributed by atoms with van der Waals surface area (Å²) in [6, 6.07) is 5.03. The van der Waals surface area contributed by atoms with E-state index in [0.29, 0.717) is 16.6 Å². The fourth-order valence-electron chi connectivity index (χ4n) is 1.06. The molecule has 4 heteroatoms. The van der Waals surface area contributed by atoms with Crippen LogP contribution in [0.5, 0.6) is 0 Å². The molecule has 0 aliphatic heterocycles. The van der Waals surface area contributed by atoms with Gasteiger partial charge in [0.15, 0.2) is 0 Å². The predicted octanol–water partition coefficient (Wildman–Crippen LogP) is 1.80. The Balaban J connectivity index is 3.10. The maximum absolute atomic E-state index is 11.3. The van der Waals surface area contributed by atoms with Crippen LogP contribution >= 0.6 is 15.9 Å². The molecule has 0 aliphatic carbocycles. The van der Waals surface area contributed by atoms with Crippen LogP contribution in [-0.2, 0) is 4.74 Å². The summed E-state index contributed by atoms with van der Waals surface area (Å²) in [4.78, 5) is 11.3. The Kier molecular flexibility index (Phi) is 4.19. The van der Waals surface area contributed by atoms with E-state index in [0.717, 1.165) is 5.56 Å². The molecule has 0 bridgehead atoms. The molecule has 1 aromatic rings. The number of anilines is 1. The average Bonchev–Trinajstić information content (AvgIpc) is 2.27. The first-order valence-corrected chi connectivity index (χ1v) is 5.34. The summed E-state index contributed by atoms with van der Waals surface area (Å²) in [7, 11) is 1.32. The first-order valence-electron chi connectivity index (χ1n) is 4.21. The van der Waals surface area contributed by atoms with Crippen molar-refractivity contribution in [2.75, 3.05) is 18.2 Å².